The highest BCUT2D eigenvalue weighted by molar-refractivity contribution is 6.07. The number of aliphatic hydroxyl groups excluding tert-OH is 1. The van der Waals surface area contributed by atoms with E-state index in [4.69, 9.17) is 4.99 Å². The minimum atomic E-state index is -0.132. The number of hydrogen-bond acceptors (Lipinski definition) is 5. The lowest BCUT2D eigenvalue weighted by Gasteiger charge is -2.34. The smallest absolute Gasteiger partial charge is 0.257 e. The third-order valence-corrected chi connectivity index (χ3v) is 6.21. The molecule has 0 saturated carbocycles. The average Bonchev–Trinajstić information content (AvgIpc) is 3.23. The summed E-state index contributed by atoms with van der Waals surface area (Å²) in [6.07, 6.45) is 2.37. The molecule has 3 aromatic rings. The van der Waals surface area contributed by atoms with E-state index in [1.54, 1.807) is 6.20 Å². The Kier molecular flexibility index (Phi) is 5.18. The molecule has 0 unspecified atom stereocenters. The van der Waals surface area contributed by atoms with Gasteiger partial charge in [0.15, 0.2) is 0 Å². The topological polar surface area (TPSA) is 71.9 Å². The van der Waals surface area contributed by atoms with Crippen molar-refractivity contribution in [3.63, 3.8) is 0 Å². The SMILES string of the molecule is CN1CCN(c2ccc3c(c2)N=C(c2cc(-c4cccc(CO)c4)c[nH]c2=O)C3)CC1. The fourth-order valence-electron chi connectivity index (χ4n) is 4.30. The van der Waals surface area contributed by atoms with E-state index in [1.165, 1.54) is 5.69 Å². The van der Waals surface area contributed by atoms with Crippen molar-refractivity contribution >= 4 is 17.1 Å². The molecule has 6 nitrogen and oxygen atoms in total. The molecule has 0 bridgehead atoms. The van der Waals surface area contributed by atoms with Crippen LogP contribution >= 0.6 is 0 Å². The average molecular weight is 415 g/mol. The summed E-state index contributed by atoms with van der Waals surface area (Å²) in [5.41, 5.74) is 7.27. The van der Waals surface area contributed by atoms with Gasteiger partial charge in [-0.2, -0.15) is 0 Å². The Morgan fingerprint density at radius 3 is 2.68 bits per heavy atom. The molecule has 0 aliphatic carbocycles. The number of piperazine rings is 1. The Morgan fingerprint density at radius 1 is 1.03 bits per heavy atom. The molecule has 0 radical (unpaired) electrons. The first-order valence-electron chi connectivity index (χ1n) is 10.7. The number of aromatic amines is 1. The highest BCUT2D eigenvalue weighted by Crippen LogP contribution is 2.33. The van der Waals surface area contributed by atoms with Crippen molar-refractivity contribution in [3.05, 3.63) is 81.8 Å². The molecule has 2 aliphatic rings. The van der Waals surface area contributed by atoms with Crippen molar-refractivity contribution in [2.45, 2.75) is 13.0 Å². The van der Waals surface area contributed by atoms with E-state index in [1.807, 2.05) is 30.3 Å². The second-order valence-electron chi connectivity index (χ2n) is 8.33. The number of hydrogen-bond donors (Lipinski definition) is 2. The summed E-state index contributed by atoms with van der Waals surface area (Å²) in [4.78, 5) is 25.1. The third kappa shape index (κ3) is 3.92. The molecule has 31 heavy (non-hydrogen) atoms. The van der Waals surface area contributed by atoms with Crippen molar-refractivity contribution in [3.8, 4) is 11.1 Å². The van der Waals surface area contributed by atoms with E-state index in [0.29, 0.717) is 12.0 Å². The van der Waals surface area contributed by atoms with Gasteiger partial charge < -0.3 is 19.9 Å². The number of anilines is 1. The summed E-state index contributed by atoms with van der Waals surface area (Å²) in [6.45, 7) is 4.14. The zero-order chi connectivity index (χ0) is 21.4. The lowest BCUT2D eigenvalue weighted by Crippen LogP contribution is -2.44. The van der Waals surface area contributed by atoms with Crippen LogP contribution in [0.3, 0.4) is 0 Å². The number of fused-ring (bicyclic) bond motifs is 1. The summed E-state index contributed by atoms with van der Waals surface area (Å²) < 4.78 is 0. The van der Waals surface area contributed by atoms with Crippen LogP contribution in [0.25, 0.3) is 11.1 Å². The largest absolute Gasteiger partial charge is 0.392 e. The first kappa shape index (κ1) is 19.7. The highest BCUT2D eigenvalue weighted by Gasteiger charge is 2.21. The zero-order valence-corrected chi connectivity index (χ0v) is 17.6. The van der Waals surface area contributed by atoms with E-state index >= 15 is 0 Å². The van der Waals surface area contributed by atoms with Crippen LogP contribution in [0.5, 0.6) is 0 Å². The van der Waals surface area contributed by atoms with Gasteiger partial charge >= 0.3 is 0 Å². The maximum absolute atomic E-state index is 12.6. The van der Waals surface area contributed by atoms with Gasteiger partial charge in [0.25, 0.3) is 5.56 Å². The number of likely N-dealkylation sites (N-methyl/N-ethyl adjacent to an activating group) is 1. The number of aliphatic imine (C=N–C) groups is 1. The van der Waals surface area contributed by atoms with Crippen LogP contribution in [-0.4, -0.2) is 53.9 Å². The molecule has 6 heteroatoms. The molecule has 3 heterocycles. The van der Waals surface area contributed by atoms with E-state index in [9.17, 15) is 9.90 Å². The fourth-order valence-corrected chi connectivity index (χ4v) is 4.30. The molecule has 0 spiro atoms. The number of nitrogens with one attached hydrogen (secondary N) is 1. The van der Waals surface area contributed by atoms with Crippen LogP contribution in [0, 0.1) is 0 Å². The Balaban J connectivity index is 1.45. The van der Waals surface area contributed by atoms with Crippen molar-refractivity contribution in [2.24, 2.45) is 4.99 Å². The second kappa shape index (κ2) is 8.13. The molecule has 2 aliphatic heterocycles. The first-order chi connectivity index (χ1) is 15.1. The first-order valence-corrected chi connectivity index (χ1v) is 10.7. The van der Waals surface area contributed by atoms with Crippen molar-refractivity contribution in [1.29, 1.82) is 0 Å². The standard InChI is InChI=1S/C25H26N4O2/c1-28-7-9-29(10-8-28)21-6-5-19-13-24(27-23(19)14-21)22-12-20(15-26-25(22)31)18-4-2-3-17(11-18)16-30/h2-6,11-12,14-15,30H,7-10,13,16H2,1H3,(H,26,31). The molecular formula is C25H26N4O2. The van der Waals surface area contributed by atoms with Crippen LogP contribution in [0.2, 0.25) is 0 Å². The van der Waals surface area contributed by atoms with Crippen LogP contribution in [0.15, 0.2) is 64.5 Å². The minimum absolute atomic E-state index is 0.0122. The van der Waals surface area contributed by atoms with Gasteiger partial charge in [0, 0.05) is 44.5 Å². The zero-order valence-electron chi connectivity index (χ0n) is 17.6. The Labute approximate surface area is 181 Å². The van der Waals surface area contributed by atoms with Crippen molar-refractivity contribution in [2.75, 3.05) is 38.1 Å². The number of aliphatic hydroxyl groups is 1. The molecular weight excluding hydrogens is 388 g/mol. The summed E-state index contributed by atoms with van der Waals surface area (Å²) in [7, 11) is 2.16. The lowest BCUT2D eigenvalue weighted by atomic mass is 10.00. The molecule has 2 aromatic carbocycles. The van der Waals surface area contributed by atoms with Gasteiger partial charge in [-0.3, -0.25) is 9.79 Å². The van der Waals surface area contributed by atoms with E-state index < -0.39 is 0 Å². The number of H-pyrrole nitrogens is 1. The molecule has 1 saturated heterocycles. The van der Waals surface area contributed by atoms with Gasteiger partial charge in [-0.1, -0.05) is 24.3 Å². The summed E-state index contributed by atoms with van der Waals surface area (Å²) in [5, 5.41) is 9.43. The maximum atomic E-state index is 12.6. The Hall–Kier alpha value is -3.22. The number of rotatable bonds is 4. The molecule has 5 rings (SSSR count). The predicted molar refractivity (Wildman–Crippen MR) is 124 cm³/mol. The number of benzene rings is 2. The minimum Gasteiger partial charge on any atom is -0.392 e. The Bertz CT molecular complexity index is 1210. The highest BCUT2D eigenvalue weighted by atomic mass is 16.3. The van der Waals surface area contributed by atoms with Gasteiger partial charge in [0.2, 0.25) is 0 Å². The fraction of sp³-hybridized carbons (Fsp3) is 0.280. The van der Waals surface area contributed by atoms with E-state index in [-0.39, 0.29) is 12.2 Å². The predicted octanol–water partition coefficient (Wildman–Crippen LogP) is 2.96. The van der Waals surface area contributed by atoms with E-state index in [2.05, 4.69) is 40.0 Å². The lowest BCUT2D eigenvalue weighted by molar-refractivity contribution is 0.282. The van der Waals surface area contributed by atoms with Crippen molar-refractivity contribution in [1.82, 2.24) is 9.88 Å². The van der Waals surface area contributed by atoms with Crippen LogP contribution in [0.1, 0.15) is 16.7 Å². The summed E-state index contributed by atoms with van der Waals surface area (Å²) >= 11 is 0. The van der Waals surface area contributed by atoms with Gasteiger partial charge in [-0.05, 0) is 53.6 Å². The normalized spacial score (nSPS) is 16.3. The van der Waals surface area contributed by atoms with Crippen LogP contribution in [-0.2, 0) is 13.0 Å². The third-order valence-electron chi connectivity index (χ3n) is 6.21. The maximum Gasteiger partial charge on any atom is 0.257 e. The number of pyridine rings is 1. The second-order valence-corrected chi connectivity index (χ2v) is 8.33. The van der Waals surface area contributed by atoms with E-state index in [0.717, 1.165) is 59.8 Å². The quantitative estimate of drug-likeness (QED) is 0.689. The van der Waals surface area contributed by atoms with Crippen LogP contribution in [0.4, 0.5) is 11.4 Å². The number of aromatic nitrogens is 1. The van der Waals surface area contributed by atoms with Gasteiger partial charge in [-0.15, -0.1) is 0 Å². The van der Waals surface area contributed by atoms with Gasteiger partial charge in [-0.25, -0.2) is 0 Å². The molecule has 158 valence electrons. The number of nitrogens with zero attached hydrogens (tertiary/aromatic N) is 3. The van der Waals surface area contributed by atoms with Crippen LogP contribution < -0.4 is 10.5 Å². The molecule has 1 fully saturated rings. The monoisotopic (exact) mass is 414 g/mol. The van der Waals surface area contributed by atoms with Gasteiger partial charge in [0.05, 0.1) is 23.6 Å². The summed E-state index contributed by atoms with van der Waals surface area (Å²) in [6, 6.07) is 16.1. The Morgan fingerprint density at radius 2 is 1.87 bits per heavy atom. The molecule has 2 N–H and O–H groups in total. The molecule has 0 atom stereocenters. The molecule has 1 aromatic heterocycles. The van der Waals surface area contributed by atoms with Crippen molar-refractivity contribution < 1.29 is 5.11 Å². The summed E-state index contributed by atoms with van der Waals surface area (Å²) in [5.74, 6) is 0. The molecule has 0 amide bonds. The van der Waals surface area contributed by atoms with Gasteiger partial charge in [0.1, 0.15) is 0 Å².